The average Bonchev–Trinajstić information content (AvgIpc) is 0.908. The van der Waals surface area contributed by atoms with E-state index in [1.54, 1.807) is 0 Å². The number of phosphoric acid groups is 2. The van der Waals surface area contributed by atoms with Gasteiger partial charge in [-0.15, -0.1) is 0 Å². The first-order valence-electron chi connectivity index (χ1n) is 45.4. The molecule has 0 rings (SSSR count). The lowest BCUT2D eigenvalue weighted by Gasteiger charge is -2.21. The molecule has 0 heterocycles. The van der Waals surface area contributed by atoms with Crippen molar-refractivity contribution in [3.8, 4) is 0 Å². The third-order valence-corrected chi connectivity index (χ3v) is 23.3. The molecule has 0 aromatic carbocycles. The second kappa shape index (κ2) is 78.0. The predicted octanol–water partition coefficient (Wildman–Crippen LogP) is 26.9. The van der Waals surface area contributed by atoms with Crippen molar-refractivity contribution in [3.63, 3.8) is 0 Å². The Bertz CT molecular complexity index is 2060. The van der Waals surface area contributed by atoms with Gasteiger partial charge in [0.15, 0.2) is 12.2 Å². The van der Waals surface area contributed by atoms with Gasteiger partial charge in [-0.2, -0.15) is 0 Å². The largest absolute Gasteiger partial charge is 0.472 e. The number of carbonyl (C=O) groups is 4. The standard InChI is InChI=1S/C88H172O17P2/c1-8-11-12-13-14-15-16-17-32-38-43-48-57-64-71-88(93)105-84(76-99-86(91)70-63-56-51-50-54-61-68-81(7)10-3)78-103-107(96,97)101-74-82(89)73-100-106(94,95)102-77-83(75-98-85(90)69-62-55-47-42-37-33-28-24-20-18-22-26-30-35-40-45-52-59-66-79(4)5)104-87(92)72-65-58-49-44-39-34-29-25-21-19-23-27-31-36-41-46-53-60-67-80(6)9-2/h79-84,89H,8-78H2,1-7H3,(H,94,95)(H,96,97)/t80?,81?,82-,83-,84-/m1/s1. The summed E-state index contributed by atoms with van der Waals surface area (Å²) in [5.74, 6) is 0.322. The van der Waals surface area contributed by atoms with Crippen LogP contribution in [0.25, 0.3) is 0 Å². The minimum Gasteiger partial charge on any atom is -0.462 e. The monoisotopic (exact) mass is 1560 g/mol. The number of hydrogen-bond acceptors (Lipinski definition) is 15. The molecule has 0 fully saturated rings. The highest BCUT2D eigenvalue weighted by Crippen LogP contribution is 2.45. The van der Waals surface area contributed by atoms with Crippen molar-refractivity contribution in [1.82, 2.24) is 0 Å². The Labute approximate surface area is 658 Å². The summed E-state index contributed by atoms with van der Waals surface area (Å²) in [5, 5.41) is 10.7. The van der Waals surface area contributed by atoms with Crippen LogP contribution in [-0.4, -0.2) is 96.7 Å². The lowest BCUT2D eigenvalue weighted by Crippen LogP contribution is -2.30. The van der Waals surface area contributed by atoms with Crippen LogP contribution in [0.5, 0.6) is 0 Å². The number of carbonyl (C=O) groups excluding carboxylic acids is 4. The van der Waals surface area contributed by atoms with Gasteiger partial charge in [0.05, 0.1) is 26.4 Å². The average molecular weight is 1560 g/mol. The molecule has 0 aliphatic heterocycles. The maximum atomic E-state index is 13.2. The zero-order valence-electron chi connectivity index (χ0n) is 70.6. The Kier molecular flexibility index (Phi) is 76.6. The summed E-state index contributed by atoms with van der Waals surface area (Å²) in [5.41, 5.74) is 0. The van der Waals surface area contributed by atoms with E-state index in [4.69, 9.17) is 37.0 Å². The lowest BCUT2D eigenvalue weighted by atomic mass is 9.99. The first-order valence-corrected chi connectivity index (χ1v) is 48.4. The smallest absolute Gasteiger partial charge is 0.462 e. The molecule has 17 nitrogen and oxygen atoms in total. The van der Waals surface area contributed by atoms with Crippen LogP contribution >= 0.6 is 15.6 Å². The molecule has 3 N–H and O–H groups in total. The SMILES string of the molecule is CCCCCCCCCCCCCCCCC(=O)O[C@H](COC(=O)CCCCCCCCC(C)CC)COP(=O)(O)OC[C@H](O)COP(=O)(O)OC[C@@H](COC(=O)CCCCCCCCCCCCCCCCCCCCC(C)C)OC(=O)CCCCCCCCCCCCCCCCCCCCC(C)CC. The molecule has 7 atom stereocenters. The maximum absolute atomic E-state index is 13.2. The van der Waals surface area contributed by atoms with Crippen molar-refractivity contribution in [2.45, 2.75) is 484 Å². The fourth-order valence-electron chi connectivity index (χ4n) is 13.7. The summed E-state index contributed by atoms with van der Waals surface area (Å²) < 4.78 is 68.9. The summed E-state index contributed by atoms with van der Waals surface area (Å²) in [7, 11) is -9.93. The van der Waals surface area contributed by atoms with E-state index in [0.717, 1.165) is 114 Å². The molecular formula is C88H172O17P2. The summed E-state index contributed by atoms with van der Waals surface area (Å²) in [6.07, 6.45) is 69.5. The number of unbranched alkanes of at least 4 members (excludes halogenated alkanes) is 52. The van der Waals surface area contributed by atoms with Crippen LogP contribution in [-0.2, 0) is 65.4 Å². The highest BCUT2D eigenvalue weighted by Gasteiger charge is 2.31. The molecule has 0 aromatic heterocycles. The normalized spacial score (nSPS) is 14.3. The van der Waals surface area contributed by atoms with Gasteiger partial charge >= 0.3 is 39.5 Å². The predicted molar refractivity (Wildman–Crippen MR) is 441 cm³/mol. The van der Waals surface area contributed by atoms with Gasteiger partial charge in [-0.25, -0.2) is 9.13 Å². The lowest BCUT2D eigenvalue weighted by molar-refractivity contribution is -0.161. The third-order valence-electron chi connectivity index (χ3n) is 21.4. The Morgan fingerprint density at radius 3 is 0.710 bits per heavy atom. The van der Waals surface area contributed by atoms with E-state index in [9.17, 15) is 43.2 Å². The number of ether oxygens (including phenoxy) is 4. The van der Waals surface area contributed by atoms with Crippen molar-refractivity contribution >= 4 is 39.5 Å². The fraction of sp³-hybridized carbons (Fsp3) is 0.955. The van der Waals surface area contributed by atoms with Crippen LogP contribution < -0.4 is 0 Å². The molecule has 0 radical (unpaired) electrons. The van der Waals surface area contributed by atoms with Gasteiger partial charge < -0.3 is 33.8 Å². The van der Waals surface area contributed by atoms with Crippen LogP contribution in [0.4, 0.5) is 0 Å². The summed E-state index contributed by atoms with van der Waals surface area (Å²) >= 11 is 0. The van der Waals surface area contributed by atoms with E-state index in [2.05, 4.69) is 48.5 Å². The van der Waals surface area contributed by atoms with Crippen LogP contribution in [0.1, 0.15) is 466 Å². The highest BCUT2D eigenvalue weighted by atomic mass is 31.2. The summed E-state index contributed by atoms with van der Waals surface area (Å²) in [6, 6.07) is 0. The highest BCUT2D eigenvalue weighted by molar-refractivity contribution is 7.47. The van der Waals surface area contributed by atoms with Crippen LogP contribution in [0, 0.1) is 17.8 Å². The van der Waals surface area contributed by atoms with Crippen molar-refractivity contribution in [2.75, 3.05) is 39.6 Å². The van der Waals surface area contributed by atoms with E-state index in [1.165, 1.54) is 270 Å². The second-order valence-electron chi connectivity index (χ2n) is 32.6. The quantitative estimate of drug-likeness (QED) is 0.0222. The minimum atomic E-state index is -4.97. The molecule has 0 spiro atoms. The Morgan fingerprint density at radius 2 is 0.477 bits per heavy atom. The van der Waals surface area contributed by atoms with Gasteiger partial charge in [0, 0.05) is 25.7 Å². The van der Waals surface area contributed by atoms with Gasteiger partial charge in [-0.3, -0.25) is 37.3 Å². The van der Waals surface area contributed by atoms with E-state index in [1.807, 2.05) is 0 Å². The number of esters is 4. The summed E-state index contributed by atoms with van der Waals surface area (Å²) in [4.78, 5) is 73.2. The summed E-state index contributed by atoms with van der Waals surface area (Å²) in [6.45, 7) is 12.1. The van der Waals surface area contributed by atoms with Crippen LogP contribution in [0.2, 0.25) is 0 Å². The first kappa shape index (κ1) is 105. The number of hydrogen-bond donors (Lipinski definition) is 3. The van der Waals surface area contributed by atoms with Gasteiger partial charge in [-0.1, -0.05) is 414 Å². The number of aliphatic hydroxyl groups excluding tert-OH is 1. The van der Waals surface area contributed by atoms with Crippen molar-refractivity contribution in [1.29, 1.82) is 0 Å². The van der Waals surface area contributed by atoms with E-state index < -0.39 is 97.5 Å². The minimum absolute atomic E-state index is 0.107. The maximum Gasteiger partial charge on any atom is 0.472 e. The zero-order valence-corrected chi connectivity index (χ0v) is 72.4. The molecule has 0 saturated heterocycles. The van der Waals surface area contributed by atoms with Crippen molar-refractivity contribution in [3.05, 3.63) is 0 Å². The molecular weight excluding hydrogens is 1390 g/mol. The Hall–Kier alpha value is -1.94. The first-order chi connectivity index (χ1) is 51.8. The van der Waals surface area contributed by atoms with Crippen molar-refractivity contribution < 1.29 is 80.2 Å². The molecule has 0 aliphatic rings. The van der Waals surface area contributed by atoms with Gasteiger partial charge in [-0.05, 0) is 43.4 Å². The van der Waals surface area contributed by atoms with Gasteiger partial charge in [0.2, 0.25) is 0 Å². The molecule has 107 heavy (non-hydrogen) atoms. The third kappa shape index (κ3) is 79.1. The molecule has 4 unspecified atom stereocenters. The van der Waals surface area contributed by atoms with E-state index in [-0.39, 0.29) is 25.7 Å². The van der Waals surface area contributed by atoms with Gasteiger partial charge in [0.25, 0.3) is 0 Å². The zero-order chi connectivity index (χ0) is 78.6. The van der Waals surface area contributed by atoms with E-state index in [0.29, 0.717) is 25.7 Å². The van der Waals surface area contributed by atoms with Crippen molar-refractivity contribution in [2.24, 2.45) is 17.8 Å². The molecule has 0 aliphatic carbocycles. The molecule has 0 amide bonds. The Morgan fingerprint density at radius 1 is 0.271 bits per heavy atom. The number of aliphatic hydroxyl groups is 1. The fourth-order valence-corrected chi connectivity index (χ4v) is 15.2. The topological polar surface area (TPSA) is 237 Å². The number of rotatable bonds is 86. The van der Waals surface area contributed by atoms with E-state index >= 15 is 0 Å². The number of phosphoric ester groups is 2. The molecule has 0 bridgehead atoms. The second-order valence-corrected chi connectivity index (χ2v) is 35.5. The Balaban J connectivity index is 5.21. The van der Waals surface area contributed by atoms with Crippen LogP contribution in [0.15, 0.2) is 0 Å². The van der Waals surface area contributed by atoms with Crippen LogP contribution in [0.3, 0.4) is 0 Å². The molecule has 19 heteroatoms. The molecule has 636 valence electrons. The molecule has 0 saturated carbocycles. The van der Waals surface area contributed by atoms with Gasteiger partial charge in [0.1, 0.15) is 19.3 Å². The molecule has 0 aromatic rings.